The Morgan fingerprint density at radius 1 is 1.00 bits per heavy atom. The van der Waals surface area contributed by atoms with Crippen LogP contribution in [0.3, 0.4) is 0 Å². The van der Waals surface area contributed by atoms with Gasteiger partial charge in [-0.05, 0) is 49.8 Å². The second-order valence-corrected chi connectivity index (χ2v) is 5.70. The molecule has 1 aromatic rings. The number of thiocarbonyl (C=S) groups is 1. The molecule has 1 heterocycles. The van der Waals surface area contributed by atoms with Crippen LogP contribution in [0.2, 0.25) is 0 Å². The lowest BCUT2D eigenvalue weighted by Crippen LogP contribution is -2.52. The minimum Gasteiger partial charge on any atom is -0.372 e. The van der Waals surface area contributed by atoms with Gasteiger partial charge in [-0.25, -0.2) is 0 Å². The number of benzene rings is 1. The SMILES string of the molecule is CCN(CC)c1ccc(C=C2C(=O)N(C)C(=S)N(C)C2=O)cc1. The van der Waals surface area contributed by atoms with Gasteiger partial charge in [0.1, 0.15) is 5.57 Å². The first kappa shape index (κ1) is 17.1. The molecule has 2 rings (SSSR count). The highest BCUT2D eigenvalue weighted by molar-refractivity contribution is 7.80. The van der Waals surface area contributed by atoms with E-state index in [9.17, 15) is 9.59 Å². The van der Waals surface area contributed by atoms with Crippen molar-refractivity contribution in [1.29, 1.82) is 0 Å². The number of likely N-dealkylation sites (N-methyl/N-ethyl adjacent to an activating group) is 2. The van der Waals surface area contributed by atoms with Gasteiger partial charge in [-0.1, -0.05) is 12.1 Å². The summed E-state index contributed by atoms with van der Waals surface area (Å²) in [4.78, 5) is 29.4. The monoisotopic (exact) mass is 331 g/mol. The lowest BCUT2D eigenvalue weighted by atomic mass is 10.1. The molecular formula is C17H21N3O2S. The number of nitrogens with zero attached hydrogens (tertiary/aromatic N) is 3. The smallest absolute Gasteiger partial charge is 0.265 e. The Kier molecular flexibility index (Phi) is 5.15. The molecular weight excluding hydrogens is 310 g/mol. The van der Waals surface area contributed by atoms with E-state index in [2.05, 4.69) is 18.7 Å². The second-order valence-electron chi connectivity index (χ2n) is 5.33. The van der Waals surface area contributed by atoms with Crippen LogP contribution in [-0.2, 0) is 9.59 Å². The molecule has 1 aliphatic rings. The molecule has 1 saturated heterocycles. The van der Waals surface area contributed by atoms with Crippen molar-refractivity contribution < 1.29 is 9.59 Å². The van der Waals surface area contributed by atoms with Gasteiger partial charge in [-0.3, -0.25) is 19.4 Å². The Hall–Kier alpha value is -2.21. The van der Waals surface area contributed by atoms with Crippen molar-refractivity contribution in [3.8, 4) is 0 Å². The van der Waals surface area contributed by atoms with Crippen molar-refractivity contribution in [2.24, 2.45) is 0 Å². The number of hydrogen-bond acceptors (Lipinski definition) is 4. The highest BCUT2D eigenvalue weighted by Crippen LogP contribution is 2.20. The lowest BCUT2D eigenvalue weighted by molar-refractivity contribution is -0.132. The summed E-state index contributed by atoms with van der Waals surface area (Å²) in [5.74, 6) is -0.739. The van der Waals surface area contributed by atoms with Crippen LogP contribution in [0, 0.1) is 0 Å². The first-order chi connectivity index (χ1) is 10.9. The highest BCUT2D eigenvalue weighted by Gasteiger charge is 2.35. The maximum absolute atomic E-state index is 12.3. The number of rotatable bonds is 4. The maximum atomic E-state index is 12.3. The van der Waals surface area contributed by atoms with Crippen LogP contribution in [0.1, 0.15) is 19.4 Å². The van der Waals surface area contributed by atoms with E-state index in [1.807, 2.05) is 24.3 Å². The highest BCUT2D eigenvalue weighted by atomic mass is 32.1. The number of hydrogen-bond donors (Lipinski definition) is 0. The van der Waals surface area contributed by atoms with Crippen molar-refractivity contribution in [2.75, 3.05) is 32.1 Å². The molecule has 6 heteroatoms. The predicted molar refractivity (Wildman–Crippen MR) is 96.1 cm³/mol. The van der Waals surface area contributed by atoms with Crippen LogP contribution >= 0.6 is 12.2 Å². The summed E-state index contributed by atoms with van der Waals surface area (Å²) in [5, 5.41) is 0.217. The van der Waals surface area contributed by atoms with E-state index in [-0.39, 0.29) is 22.5 Å². The van der Waals surface area contributed by atoms with E-state index >= 15 is 0 Å². The topological polar surface area (TPSA) is 43.9 Å². The van der Waals surface area contributed by atoms with Gasteiger partial charge in [0, 0.05) is 32.9 Å². The third kappa shape index (κ3) is 3.27. The average molecular weight is 331 g/mol. The first-order valence-electron chi connectivity index (χ1n) is 7.57. The summed E-state index contributed by atoms with van der Waals surface area (Å²) in [6.07, 6.45) is 1.62. The molecule has 1 fully saturated rings. The fourth-order valence-corrected chi connectivity index (χ4v) is 2.68. The Balaban J connectivity index is 2.32. The Morgan fingerprint density at radius 3 is 1.91 bits per heavy atom. The van der Waals surface area contributed by atoms with Crippen LogP contribution < -0.4 is 4.90 Å². The summed E-state index contributed by atoms with van der Waals surface area (Å²) in [7, 11) is 3.15. The summed E-state index contributed by atoms with van der Waals surface area (Å²) >= 11 is 5.07. The molecule has 1 aromatic carbocycles. The molecule has 23 heavy (non-hydrogen) atoms. The predicted octanol–water partition coefficient (Wildman–Crippen LogP) is 2.13. The zero-order valence-electron chi connectivity index (χ0n) is 13.9. The van der Waals surface area contributed by atoms with Crippen LogP contribution in [0.5, 0.6) is 0 Å². The van der Waals surface area contributed by atoms with Gasteiger partial charge in [0.25, 0.3) is 11.8 Å². The number of carbonyl (C=O) groups excluding carboxylic acids is 2. The lowest BCUT2D eigenvalue weighted by Gasteiger charge is -2.31. The second kappa shape index (κ2) is 6.91. The molecule has 2 amide bonds. The van der Waals surface area contributed by atoms with Crippen molar-refractivity contribution >= 4 is 40.9 Å². The Morgan fingerprint density at radius 2 is 1.48 bits per heavy atom. The third-order valence-corrected chi connectivity index (χ3v) is 4.52. The Bertz CT molecular complexity index is 637. The molecule has 0 bridgehead atoms. The average Bonchev–Trinajstić information content (AvgIpc) is 2.57. The molecule has 0 unspecified atom stereocenters. The minimum absolute atomic E-state index is 0.124. The molecule has 0 aromatic heterocycles. The van der Waals surface area contributed by atoms with Gasteiger partial charge < -0.3 is 4.90 Å². The normalized spacial score (nSPS) is 15.3. The van der Waals surface area contributed by atoms with Gasteiger partial charge in [-0.2, -0.15) is 0 Å². The van der Waals surface area contributed by atoms with Crippen molar-refractivity contribution in [1.82, 2.24) is 9.80 Å². The fourth-order valence-electron chi connectivity index (χ4n) is 2.51. The molecule has 0 spiro atoms. The van der Waals surface area contributed by atoms with E-state index < -0.39 is 0 Å². The largest absolute Gasteiger partial charge is 0.372 e. The van der Waals surface area contributed by atoms with Gasteiger partial charge in [0.2, 0.25) is 0 Å². The molecule has 0 atom stereocenters. The van der Waals surface area contributed by atoms with E-state index in [0.29, 0.717) is 0 Å². The molecule has 1 aliphatic heterocycles. The van der Waals surface area contributed by atoms with Gasteiger partial charge in [0.15, 0.2) is 5.11 Å². The molecule has 0 aliphatic carbocycles. The van der Waals surface area contributed by atoms with E-state index in [1.54, 1.807) is 20.2 Å². The van der Waals surface area contributed by atoms with Crippen LogP contribution in [-0.4, -0.2) is 53.9 Å². The molecule has 0 N–H and O–H groups in total. The summed E-state index contributed by atoms with van der Waals surface area (Å²) in [5.41, 5.74) is 2.06. The minimum atomic E-state index is -0.370. The fraction of sp³-hybridized carbons (Fsp3) is 0.353. The van der Waals surface area contributed by atoms with Gasteiger partial charge in [-0.15, -0.1) is 0 Å². The number of anilines is 1. The third-order valence-electron chi connectivity index (χ3n) is 3.98. The molecule has 5 nitrogen and oxygen atoms in total. The van der Waals surface area contributed by atoms with Crippen LogP contribution in [0.25, 0.3) is 6.08 Å². The molecule has 122 valence electrons. The van der Waals surface area contributed by atoms with E-state index in [0.717, 1.165) is 24.3 Å². The summed E-state index contributed by atoms with van der Waals surface area (Å²) in [6, 6.07) is 7.81. The zero-order valence-corrected chi connectivity index (χ0v) is 14.7. The quantitative estimate of drug-likeness (QED) is 0.482. The maximum Gasteiger partial charge on any atom is 0.265 e. The van der Waals surface area contributed by atoms with Crippen LogP contribution in [0.15, 0.2) is 29.8 Å². The number of amides is 2. The van der Waals surface area contributed by atoms with Gasteiger partial charge >= 0.3 is 0 Å². The molecule has 0 saturated carbocycles. The standard InChI is InChI=1S/C17H21N3O2S/c1-5-20(6-2)13-9-7-12(8-10-13)11-14-15(21)18(3)17(23)19(4)16(14)22/h7-11H,5-6H2,1-4H3. The van der Waals surface area contributed by atoms with E-state index in [1.165, 1.54) is 9.80 Å². The molecule has 0 radical (unpaired) electrons. The Labute approximate surface area is 142 Å². The van der Waals surface area contributed by atoms with E-state index in [4.69, 9.17) is 12.2 Å². The number of carbonyl (C=O) groups is 2. The first-order valence-corrected chi connectivity index (χ1v) is 7.98. The van der Waals surface area contributed by atoms with Crippen LogP contribution in [0.4, 0.5) is 5.69 Å². The van der Waals surface area contributed by atoms with Crippen molar-refractivity contribution in [3.63, 3.8) is 0 Å². The summed E-state index contributed by atoms with van der Waals surface area (Å²) < 4.78 is 0. The summed E-state index contributed by atoms with van der Waals surface area (Å²) in [6.45, 7) is 6.07. The van der Waals surface area contributed by atoms with Gasteiger partial charge in [0.05, 0.1) is 0 Å². The van der Waals surface area contributed by atoms with Crippen molar-refractivity contribution in [2.45, 2.75) is 13.8 Å². The zero-order chi connectivity index (χ0) is 17.1. The van der Waals surface area contributed by atoms with Crippen molar-refractivity contribution in [3.05, 3.63) is 35.4 Å².